The molecular formula is C7H10N2O2. The molecule has 60 valence electrons. The Morgan fingerprint density at radius 1 is 1.91 bits per heavy atom. The highest BCUT2D eigenvalue weighted by atomic mass is 16.4. The Hall–Kier alpha value is -1.24. The molecule has 2 unspecified atom stereocenters. The molecule has 1 fully saturated rings. The van der Waals surface area contributed by atoms with Crippen molar-refractivity contribution in [1.82, 2.24) is 5.32 Å². The molecule has 0 aromatic heterocycles. The fraction of sp³-hybridized carbons (Fsp3) is 0.714. The quantitative estimate of drug-likeness (QED) is 0.617. The first-order valence-corrected chi connectivity index (χ1v) is 3.54. The van der Waals surface area contributed by atoms with Crippen LogP contribution in [-0.2, 0) is 0 Å². The molecule has 2 N–H and O–H groups in total. The molecule has 0 aromatic carbocycles. The van der Waals surface area contributed by atoms with Gasteiger partial charge in [0, 0.05) is 6.04 Å². The number of nitriles is 1. The molecule has 4 heteroatoms. The fourth-order valence-corrected chi connectivity index (χ4v) is 1.22. The molecule has 4 nitrogen and oxygen atoms in total. The van der Waals surface area contributed by atoms with Crippen LogP contribution in [0.25, 0.3) is 0 Å². The highest BCUT2D eigenvalue weighted by Crippen LogP contribution is 2.40. The van der Waals surface area contributed by atoms with Crippen molar-refractivity contribution in [3.63, 3.8) is 0 Å². The summed E-state index contributed by atoms with van der Waals surface area (Å²) in [6.07, 6.45) is -0.182. The Bertz CT molecular complexity index is 209. The van der Waals surface area contributed by atoms with Crippen molar-refractivity contribution in [2.75, 3.05) is 0 Å². The van der Waals surface area contributed by atoms with Gasteiger partial charge in [-0.25, -0.2) is 4.79 Å². The number of hydrogen-bond donors (Lipinski definition) is 2. The van der Waals surface area contributed by atoms with Gasteiger partial charge in [0.1, 0.15) is 0 Å². The average Bonchev–Trinajstić information content (AvgIpc) is 2.63. The topological polar surface area (TPSA) is 73.1 Å². The van der Waals surface area contributed by atoms with Crippen molar-refractivity contribution in [2.24, 2.45) is 11.8 Å². The molecule has 1 aliphatic rings. The van der Waals surface area contributed by atoms with E-state index in [-0.39, 0.29) is 17.9 Å². The van der Waals surface area contributed by atoms with Crippen molar-refractivity contribution in [3.05, 3.63) is 0 Å². The summed E-state index contributed by atoms with van der Waals surface area (Å²) in [5, 5.41) is 19.1. The number of rotatable bonds is 2. The molecule has 0 saturated heterocycles. The molecule has 1 rings (SSSR count). The lowest BCUT2D eigenvalue weighted by atomic mass is 10.2. The van der Waals surface area contributed by atoms with Crippen LogP contribution < -0.4 is 5.32 Å². The van der Waals surface area contributed by atoms with Gasteiger partial charge in [-0.05, 0) is 19.3 Å². The van der Waals surface area contributed by atoms with Crippen LogP contribution in [0.1, 0.15) is 13.3 Å². The number of nitrogens with zero attached hydrogens (tertiary/aromatic N) is 1. The number of nitrogens with one attached hydrogen (secondary N) is 1. The Morgan fingerprint density at radius 3 is 2.91 bits per heavy atom. The minimum Gasteiger partial charge on any atom is -0.465 e. The SMILES string of the molecule is C[C@@H](NC(=O)O)C1CC1C#N. The number of carboxylic acid groups (broad SMARTS) is 1. The zero-order valence-electron chi connectivity index (χ0n) is 6.24. The summed E-state index contributed by atoms with van der Waals surface area (Å²) in [6.45, 7) is 1.79. The second-order valence-corrected chi connectivity index (χ2v) is 2.87. The largest absolute Gasteiger partial charge is 0.465 e. The summed E-state index contributed by atoms with van der Waals surface area (Å²) >= 11 is 0. The second-order valence-electron chi connectivity index (χ2n) is 2.87. The third-order valence-electron chi connectivity index (χ3n) is 2.00. The van der Waals surface area contributed by atoms with E-state index in [1.54, 1.807) is 6.92 Å². The zero-order valence-corrected chi connectivity index (χ0v) is 6.24. The normalized spacial score (nSPS) is 30.2. The van der Waals surface area contributed by atoms with E-state index in [1.807, 2.05) is 0 Å². The average molecular weight is 154 g/mol. The lowest BCUT2D eigenvalue weighted by Gasteiger charge is -2.08. The third kappa shape index (κ3) is 1.84. The summed E-state index contributed by atoms with van der Waals surface area (Å²) in [4.78, 5) is 10.1. The molecule has 0 spiro atoms. The number of hydrogen-bond acceptors (Lipinski definition) is 2. The summed E-state index contributed by atoms with van der Waals surface area (Å²) in [5.74, 6) is 0.299. The smallest absolute Gasteiger partial charge is 0.404 e. The first kappa shape index (κ1) is 7.86. The predicted octanol–water partition coefficient (Wildman–Crippen LogP) is 0.802. The summed E-state index contributed by atoms with van der Waals surface area (Å²) in [5.41, 5.74) is 0. The third-order valence-corrected chi connectivity index (χ3v) is 2.00. The number of carbonyl (C=O) groups is 1. The fourth-order valence-electron chi connectivity index (χ4n) is 1.22. The molecular weight excluding hydrogens is 144 g/mol. The van der Waals surface area contributed by atoms with Crippen molar-refractivity contribution in [2.45, 2.75) is 19.4 Å². The first-order chi connectivity index (χ1) is 5.15. The van der Waals surface area contributed by atoms with Crippen LogP contribution in [0, 0.1) is 23.2 Å². The summed E-state index contributed by atoms with van der Waals surface area (Å²) in [7, 11) is 0. The van der Waals surface area contributed by atoms with Crippen LogP contribution in [0.2, 0.25) is 0 Å². The van der Waals surface area contributed by atoms with Gasteiger partial charge in [-0.3, -0.25) is 0 Å². The van der Waals surface area contributed by atoms with Crippen LogP contribution in [-0.4, -0.2) is 17.2 Å². The molecule has 1 aliphatic carbocycles. The lowest BCUT2D eigenvalue weighted by Crippen LogP contribution is -2.33. The van der Waals surface area contributed by atoms with Crippen LogP contribution in [0.3, 0.4) is 0 Å². The van der Waals surface area contributed by atoms with Gasteiger partial charge in [-0.15, -0.1) is 0 Å². The first-order valence-electron chi connectivity index (χ1n) is 3.54. The molecule has 3 atom stereocenters. The van der Waals surface area contributed by atoms with Gasteiger partial charge in [-0.1, -0.05) is 0 Å². The standard InChI is InChI=1S/C7H10N2O2/c1-4(9-7(10)11)6-2-5(6)3-8/h4-6,9H,2H2,1H3,(H,10,11)/t4-,5?,6?/m1/s1. The van der Waals surface area contributed by atoms with E-state index in [0.717, 1.165) is 6.42 Å². The van der Waals surface area contributed by atoms with Crippen molar-refractivity contribution in [1.29, 1.82) is 5.26 Å². The van der Waals surface area contributed by atoms with Crippen molar-refractivity contribution < 1.29 is 9.90 Å². The highest BCUT2D eigenvalue weighted by molar-refractivity contribution is 5.64. The van der Waals surface area contributed by atoms with E-state index in [4.69, 9.17) is 10.4 Å². The van der Waals surface area contributed by atoms with Crippen molar-refractivity contribution in [3.8, 4) is 6.07 Å². The maximum Gasteiger partial charge on any atom is 0.404 e. The monoisotopic (exact) mass is 154 g/mol. The van der Waals surface area contributed by atoms with Gasteiger partial charge in [0.05, 0.1) is 12.0 Å². The Labute approximate surface area is 64.8 Å². The van der Waals surface area contributed by atoms with E-state index in [0.29, 0.717) is 0 Å². The molecule has 0 bridgehead atoms. The van der Waals surface area contributed by atoms with Crippen LogP contribution in [0.15, 0.2) is 0 Å². The van der Waals surface area contributed by atoms with Gasteiger partial charge in [0.2, 0.25) is 0 Å². The minimum atomic E-state index is -1.01. The lowest BCUT2D eigenvalue weighted by molar-refractivity contribution is 0.189. The number of amides is 1. The molecule has 1 amide bonds. The second kappa shape index (κ2) is 2.79. The van der Waals surface area contributed by atoms with Crippen molar-refractivity contribution >= 4 is 6.09 Å². The van der Waals surface area contributed by atoms with Crippen LogP contribution in [0.4, 0.5) is 4.79 Å². The van der Waals surface area contributed by atoms with E-state index in [9.17, 15) is 4.79 Å². The summed E-state index contributed by atoms with van der Waals surface area (Å²) in [6, 6.07) is 2.02. The van der Waals surface area contributed by atoms with Gasteiger partial charge >= 0.3 is 6.09 Å². The highest BCUT2D eigenvalue weighted by Gasteiger charge is 2.41. The molecule has 0 radical (unpaired) electrons. The van der Waals surface area contributed by atoms with E-state index < -0.39 is 6.09 Å². The summed E-state index contributed by atoms with van der Waals surface area (Å²) < 4.78 is 0. The van der Waals surface area contributed by atoms with E-state index >= 15 is 0 Å². The van der Waals surface area contributed by atoms with Gasteiger partial charge in [-0.2, -0.15) is 5.26 Å². The van der Waals surface area contributed by atoms with Gasteiger partial charge < -0.3 is 10.4 Å². The van der Waals surface area contributed by atoms with E-state index in [2.05, 4.69) is 11.4 Å². The van der Waals surface area contributed by atoms with Gasteiger partial charge in [0.25, 0.3) is 0 Å². The zero-order chi connectivity index (χ0) is 8.43. The van der Waals surface area contributed by atoms with Gasteiger partial charge in [0.15, 0.2) is 0 Å². The maximum atomic E-state index is 10.1. The molecule has 1 saturated carbocycles. The van der Waals surface area contributed by atoms with Crippen LogP contribution in [0.5, 0.6) is 0 Å². The van der Waals surface area contributed by atoms with E-state index in [1.165, 1.54) is 0 Å². The molecule has 0 heterocycles. The minimum absolute atomic E-state index is 0.0665. The predicted molar refractivity (Wildman–Crippen MR) is 37.8 cm³/mol. The Kier molecular flexibility index (Phi) is 1.99. The molecule has 11 heavy (non-hydrogen) atoms. The maximum absolute atomic E-state index is 10.1. The van der Waals surface area contributed by atoms with Crippen LogP contribution >= 0.6 is 0 Å². The molecule has 0 aliphatic heterocycles. The molecule has 0 aromatic rings. The Balaban J connectivity index is 2.29. The Morgan fingerprint density at radius 2 is 2.55 bits per heavy atom.